The number of carbonyl (C=O) groups excluding carboxylic acids is 1. The first-order valence-corrected chi connectivity index (χ1v) is 8.62. The van der Waals surface area contributed by atoms with Gasteiger partial charge in [0.15, 0.2) is 6.29 Å². The average molecular weight is 349 g/mol. The largest absolute Gasteiger partial charge is 0.389 e. The fraction of sp³-hybridized carbons (Fsp3) is 0.588. The molecule has 25 heavy (non-hydrogen) atoms. The maximum Gasteiger partial charge on any atom is 0.319 e. The van der Waals surface area contributed by atoms with Crippen LogP contribution in [-0.2, 0) is 14.2 Å². The number of hydrogen-bond donors (Lipinski definition) is 3. The average Bonchev–Trinajstić information content (AvgIpc) is 3.06. The summed E-state index contributed by atoms with van der Waals surface area (Å²) >= 11 is 0. The topological polar surface area (TPSA) is 92.3 Å². The van der Waals surface area contributed by atoms with Crippen molar-refractivity contribution >= 4 is 11.7 Å². The molecule has 4 rings (SSSR count). The summed E-state index contributed by atoms with van der Waals surface area (Å²) in [4.78, 5) is 14.4. The van der Waals surface area contributed by atoms with Gasteiger partial charge in [0.2, 0.25) is 0 Å². The van der Waals surface area contributed by atoms with Crippen molar-refractivity contribution in [3.63, 3.8) is 0 Å². The third kappa shape index (κ3) is 3.49. The zero-order valence-electron chi connectivity index (χ0n) is 13.8. The molecule has 8 nitrogen and oxygen atoms in total. The van der Waals surface area contributed by atoms with Gasteiger partial charge in [-0.1, -0.05) is 18.2 Å². The van der Waals surface area contributed by atoms with Crippen LogP contribution in [0.4, 0.5) is 10.5 Å². The van der Waals surface area contributed by atoms with Crippen LogP contribution in [0.2, 0.25) is 0 Å². The highest BCUT2D eigenvalue weighted by molar-refractivity contribution is 5.89. The molecule has 0 aliphatic carbocycles. The van der Waals surface area contributed by atoms with E-state index in [0.717, 1.165) is 0 Å². The van der Waals surface area contributed by atoms with Crippen LogP contribution >= 0.6 is 0 Å². The molecular formula is C17H23N3O5. The molecule has 8 heteroatoms. The molecule has 2 amide bonds. The van der Waals surface area contributed by atoms with Gasteiger partial charge < -0.3 is 30.0 Å². The Morgan fingerprint density at radius 1 is 1.20 bits per heavy atom. The fourth-order valence-corrected chi connectivity index (χ4v) is 3.68. The highest BCUT2D eigenvalue weighted by Gasteiger charge is 2.52. The summed E-state index contributed by atoms with van der Waals surface area (Å²) in [7, 11) is 0. The predicted octanol–water partition coefficient (Wildman–Crippen LogP) is -0.00650. The van der Waals surface area contributed by atoms with Crippen molar-refractivity contribution in [3.8, 4) is 0 Å². The molecule has 1 aromatic carbocycles. The van der Waals surface area contributed by atoms with Gasteiger partial charge >= 0.3 is 6.03 Å². The van der Waals surface area contributed by atoms with Gasteiger partial charge in [-0.05, 0) is 12.1 Å². The minimum absolute atomic E-state index is 0.315. The minimum Gasteiger partial charge on any atom is -0.389 e. The second kappa shape index (κ2) is 7.27. The number of benzene rings is 1. The fourth-order valence-electron chi connectivity index (χ4n) is 3.68. The summed E-state index contributed by atoms with van der Waals surface area (Å²) in [6.07, 6.45) is -1.59. The van der Waals surface area contributed by atoms with E-state index in [4.69, 9.17) is 14.2 Å². The van der Waals surface area contributed by atoms with E-state index in [1.54, 1.807) is 12.1 Å². The molecule has 3 aliphatic rings. The lowest BCUT2D eigenvalue weighted by molar-refractivity contribution is -0.189. The number of ether oxygens (including phenoxy) is 3. The smallest absolute Gasteiger partial charge is 0.319 e. The summed E-state index contributed by atoms with van der Waals surface area (Å²) in [6.45, 7) is 3.01. The van der Waals surface area contributed by atoms with Crippen LogP contribution in [-0.4, -0.2) is 79.5 Å². The first-order chi connectivity index (χ1) is 12.2. The molecule has 0 spiro atoms. The summed E-state index contributed by atoms with van der Waals surface area (Å²) in [5.41, 5.74) is 0.691. The summed E-state index contributed by atoms with van der Waals surface area (Å²) in [5, 5.41) is 16.5. The number of fused-ring (bicyclic) bond motifs is 2. The van der Waals surface area contributed by atoms with Crippen LogP contribution < -0.4 is 10.6 Å². The summed E-state index contributed by atoms with van der Waals surface area (Å²) in [6, 6.07) is 7.96. The number of nitrogens with zero attached hydrogens (tertiary/aromatic N) is 1. The molecule has 5 atom stereocenters. The Morgan fingerprint density at radius 3 is 2.72 bits per heavy atom. The second-order valence-corrected chi connectivity index (χ2v) is 6.50. The van der Waals surface area contributed by atoms with E-state index < -0.39 is 18.4 Å². The number of rotatable bonds is 3. The maximum atomic E-state index is 12.3. The van der Waals surface area contributed by atoms with Gasteiger partial charge in [-0.15, -0.1) is 0 Å². The zero-order chi connectivity index (χ0) is 17.2. The standard InChI is InChI=1S/C17H23N3O5/c21-15-13(19-17(22)18-11-4-2-1-3-5-11)12-10-24-16(25-12)14(15)20-6-8-23-9-7-20/h1-5,12-16,21H,6-10H2,(H2,18,19,22)/t12-,13-,14-,15+,16-/m1/s1. The van der Waals surface area contributed by atoms with E-state index in [0.29, 0.717) is 38.6 Å². The molecule has 0 radical (unpaired) electrons. The number of amides is 2. The van der Waals surface area contributed by atoms with Crippen LogP contribution in [0.5, 0.6) is 0 Å². The number of carbonyl (C=O) groups is 1. The summed E-state index contributed by atoms with van der Waals surface area (Å²) < 4.78 is 17.0. The van der Waals surface area contributed by atoms with Crippen LogP contribution in [0.25, 0.3) is 0 Å². The molecule has 3 saturated heterocycles. The number of hydrogen-bond acceptors (Lipinski definition) is 6. The number of morpholine rings is 1. The Hall–Kier alpha value is -1.71. The van der Waals surface area contributed by atoms with E-state index >= 15 is 0 Å². The number of aliphatic hydroxyl groups is 1. The highest BCUT2D eigenvalue weighted by atomic mass is 16.7. The third-order valence-electron chi connectivity index (χ3n) is 4.93. The van der Waals surface area contributed by atoms with Gasteiger partial charge in [-0.3, -0.25) is 4.90 Å². The molecule has 3 N–H and O–H groups in total. The number of urea groups is 1. The lowest BCUT2D eigenvalue weighted by Crippen LogP contribution is -2.66. The Balaban J connectivity index is 1.44. The van der Waals surface area contributed by atoms with Crippen molar-refractivity contribution < 1.29 is 24.1 Å². The van der Waals surface area contributed by atoms with Crippen molar-refractivity contribution in [3.05, 3.63) is 30.3 Å². The van der Waals surface area contributed by atoms with Crippen molar-refractivity contribution in [1.82, 2.24) is 10.2 Å². The predicted molar refractivity (Wildman–Crippen MR) is 89.2 cm³/mol. The van der Waals surface area contributed by atoms with Gasteiger partial charge in [0.25, 0.3) is 0 Å². The number of para-hydroxylation sites is 1. The van der Waals surface area contributed by atoms with E-state index in [1.165, 1.54) is 0 Å². The van der Waals surface area contributed by atoms with Crippen LogP contribution in [0.1, 0.15) is 0 Å². The van der Waals surface area contributed by atoms with Crippen molar-refractivity contribution in [2.75, 3.05) is 38.2 Å². The van der Waals surface area contributed by atoms with Crippen molar-refractivity contribution in [2.24, 2.45) is 0 Å². The molecule has 0 unspecified atom stereocenters. The zero-order valence-corrected chi connectivity index (χ0v) is 13.8. The van der Waals surface area contributed by atoms with E-state index in [2.05, 4.69) is 15.5 Å². The van der Waals surface area contributed by atoms with E-state index in [9.17, 15) is 9.90 Å². The lowest BCUT2D eigenvalue weighted by Gasteiger charge is -2.44. The molecule has 3 heterocycles. The molecule has 0 aromatic heterocycles. The van der Waals surface area contributed by atoms with Gasteiger partial charge in [-0.2, -0.15) is 0 Å². The monoisotopic (exact) mass is 349 g/mol. The number of nitrogens with one attached hydrogen (secondary N) is 2. The highest BCUT2D eigenvalue weighted by Crippen LogP contribution is 2.31. The lowest BCUT2D eigenvalue weighted by atomic mass is 9.94. The molecule has 0 saturated carbocycles. The number of anilines is 1. The minimum atomic E-state index is -0.772. The maximum absolute atomic E-state index is 12.3. The molecule has 3 fully saturated rings. The third-order valence-corrected chi connectivity index (χ3v) is 4.93. The molecule has 2 bridgehead atoms. The molecule has 136 valence electrons. The summed E-state index contributed by atoms with van der Waals surface area (Å²) in [5.74, 6) is 0. The van der Waals surface area contributed by atoms with Crippen LogP contribution in [0, 0.1) is 0 Å². The van der Waals surface area contributed by atoms with Crippen molar-refractivity contribution in [1.29, 1.82) is 0 Å². The Kier molecular flexibility index (Phi) is 4.87. The first-order valence-electron chi connectivity index (χ1n) is 8.62. The normalized spacial score (nSPS) is 35.3. The SMILES string of the molecule is O=C(Nc1ccccc1)N[C@H]1[C@H](O)[C@@H](N2CCOCC2)[C@@H]2OC[C@H]1O2. The van der Waals surface area contributed by atoms with E-state index in [-0.39, 0.29) is 18.2 Å². The Labute approximate surface area is 146 Å². The number of aliphatic hydroxyl groups excluding tert-OH is 1. The van der Waals surface area contributed by atoms with Gasteiger partial charge in [-0.25, -0.2) is 4.79 Å². The van der Waals surface area contributed by atoms with E-state index in [1.807, 2.05) is 18.2 Å². The molecular weight excluding hydrogens is 326 g/mol. The molecule has 3 aliphatic heterocycles. The van der Waals surface area contributed by atoms with Crippen molar-refractivity contribution in [2.45, 2.75) is 30.6 Å². The van der Waals surface area contributed by atoms with Gasteiger partial charge in [0.05, 0.1) is 38.0 Å². The first kappa shape index (κ1) is 16.7. The van der Waals surface area contributed by atoms with Crippen LogP contribution in [0.3, 0.4) is 0 Å². The Morgan fingerprint density at radius 2 is 1.96 bits per heavy atom. The second-order valence-electron chi connectivity index (χ2n) is 6.50. The molecule has 1 aromatic rings. The quantitative estimate of drug-likeness (QED) is 0.711. The Bertz CT molecular complexity index is 595. The van der Waals surface area contributed by atoms with Crippen LogP contribution in [0.15, 0.2) is 30.3 Å². The van der Waals surface area contributed by atoms with Gasteiger partial charge in [0, 0.05) is 18.8 Å². The van der Waals surface area contributed by atoms with Gasteiger partial charge in [0.1, 0.15) is 6.10 Å².